The Morgan fingerprint density at radius 2 is 1.95 bits per heavy atom. The van der Waals surface area contributed by atoms with Crippen molar-refractivity contribution in [1.29, 1.82) is 0 Å². The summed E-state index contributed by atoms with van der Waals surface area (Å²) in [6, 6.07) is 7.41. The van der Waals surface area contributed by atoms with Crippen molar-refractivity contribution >= 4 is 11.6 Å². The van der Waals surface area contributed by atoms with Crippen molar-refractivity contribution < 1.29 is 0 Å². The Kier molecular flexibility index (Phi) is 3.23. The molecule has 0 radical (unpaired) electrons. The van der Waals surface area contributed by atoms with E-state index in [0.717, 1.165) is 11.5 Å². The molecular weight excluding hydrogens is 276 g/mol. The van der Waals surface area contributed by atoms with Gasteiger partial charge in [0.25, 0.3) is 0 Å². The normalized spacial score (nSPS) is 11.2. The van der Waals surface area contributed by atoms with Crippen molar-refractivity contribution in [2.24, 2.45) is 0 Å². The first kappa shape index (κ1) is 12.8. The van der Waals surface area contributed by atoms with E-state index in [1.807, 2.05) is 38.1 Å². The van der Waals surface area contributed by atoms with Crippen molar-refractivity contribution in [2.45, 2.75) is 19.8 Å². The Labute approximate surface area is 120 Å². The van der Waals surface area contributed by atoms with Gasteiger partial charge in [-0.1, -0.05) is 25.4 Å². The standard InChI is InChI=1S/C13H13ClN6/c1-8(2)11-17-13(12-15-7-16-18-12)20(19-11)10-5-3-9(14)4-6-10/h3-8H,1-2H3,(H,15,16,18). The highest BCUT2D eigenvalue weighted by Gasteiger charge is 2.17. The van der Waals surface area contributed by atoms with E-state index >= 15 is 0 Å². The van der Waals surface area contributed by atoms with Crippen molar-refractivity contribution in [3.05, 3.63) is 41.4 Å². The molecule has 1 N–H and O–H groups in total. The average molecular weight is 289 g/mol. The lowest BCUT2D eigenvalue weighted by Gasteiger charge is -2.03. The molecule has 102 valence electrons. The minimum Gasteiger partial charge on any atom is -0.257 e. The van der Waals surface area contributed by atoms with Crippen molar-refractivity contribution in [3.63, 3.8) is 0 Å². The SMILES string of the molecule is CC(C)c1nc(-c2ncn[nH]2)n(-c2ccc(Cl)cc2)n1. The van der Waals surface area contributed by atoms with Crippen LogP contribution in [0, 0.1) is 0 Å². The summed E-state index contributed by atoms with van der Waals surface area (Å²) in [5.74, 6) is 2.20. The number of nitrogens with one attached hydrogen (secondary N) is 1. The maximum Gasteiger partial charge on any atom is 0.200 e. The largest absolute Gasteiger partial charge is 0.257 e. The van der Waals surface area contributed by atoms with Gasteiger partial charge in [-0.05, 0) is 24.3 Å². The van der Waals surface area contributed by atoms with Gasteiger partial charge in [-0.15, -0.1) is 0 Å². The number of rotatable bonds is 3. The minimum absolute atomic E-state index is 0.227. The van der Waals surface area contributed by atoms with Crippen LogP contribution in [-0.2, 0) is 0 Å². The van der Waals surface area contributed by atoms with Gasteiger partial charge < -0.3 is 0 Å². The third-order valence-corrected chi connectivity index (χ3v) is 3.09. The fourth-order valence-corrected chi connectivity index (χ4v) is 1.93. The molecule has 3 rings (SSSR count). The second-order valence-corrected chi connectivity index (χ2v) is 5.11. The van der Waals surface area contributed by atoms with Crippen LogP contribution >= 0.6 is 11.6 Å². The molecule has 0 atom stereocenters. The average Bonchev–Trinajstić information content (AvgIpc) is 3.08. The predicted octanol–water partition coefficient (Wildman–Crippen LogP) is 2.83. The lowest BCUT2D eigenvalue weighted by molar-refractivity contribution is 0.754. The summed E-state index contributed by atoms with van der Waals surface area (Å²) in [5.41, 5.74) is 0.875. The molecule has 0 saturated carbocycles. The van der Waals surface area contributed by atoms with Gasteiger partial charge in [0.15, 0.2) is 11.6 Å². The summed E-state index contributed by atoms with van der Waals surface area (Å²) in [4.78, 5) is 8.68. The van der Waals surface area contributed by atoms with E-state index in [4.69, 9.17) is 11.6 Å². The van der Waals surface area contributed by atoms with E-state index in [9.17, 15) is 0 Å². The molecule has 0 spiro atoms. The molecule has 3 aromatic rings. The molecule has 0 aliphatic carbocycles. The van der Waals surface area contributed by atoms with E-state index in [-0.39, 0.29) is 5.92 Å². The maximum absolute atomic E-state index is 5.92. The molecule has 1 aromatic carbocycles. The first-order valence-electron chi connectivity index (χ1n) is 6.24. The van der Waals surface area contributed by atoms with Crippen LogP contribution in [-0.4, -0.2) is 29.9 Å². The van der Waals surface area contributed by atoms with Crippen LogP contribution in [0.15, 0.2) is 30.6 Å². The molecule has 0 aliphatic rings. The Balaban J connectivity index is 2.15. The Morgan fingerprint density at radius 1 is 1.20 bits per heavy atom. The summed E-state index contributed by atoms with van der Waals surface area (Å²) in [6.07, 6.45) is 1.45. The van der Waals surface area contributed by atoms with Gasteiger partial charge in [0.05, 0.1) is 5.69 Å². The zero-order valence-corrected chi connectivity index (χ0v) is 11.8. The Bertz CT molecular complexity index is 699. The molecule has 20 heavy (non-hydrogen) atoms. The summed E-state index contributed by atoms with van der Waals surface area (Å²) < 4.78 is 1.74. The molecule has 2 aromatic heterocycles. The molecular formula is C13H13ClN6. The number of hydrogen-bond donors (Lipinski definition) is 1. The molecule has 0 amide bonds. The van der Waals surface area contributed by atoms with E-state index in [1.165, 1.54) is 6.33 Å². The highest BCUT2D eigenvalue weighted by molar-refractivity contribution is 6.30. The Morgan fingerprint density at radius 3 is 2.55 bits per heavy atom. The highest BCUT2D eigenvalue weighted by atomic mass is 35.5. The third-order valence-electron chi connectivity index (χ3n) is 2.84. The molecule has 0 aliphatic heterocycles. The minimum atomic E-state index is 0.227. The number of H-pyrrole nitrogens is 1. The quantitative estimate of drug-likeness (QED) is 0.804. The van der Waals surface area contributed by atoms with Crippen molar-refractivity contribution in [3.8, 4) is 17.3 Å². The number of hydrogen-bond acceptors (Lipinski definition) is 4. The smallest absolute Gasteiger partial charge is 0.200 e. The highest BCUT2D eigenvalue weighted by Crippen LogP contribution is 2.21. The van der Waals surface area contributed by atoms with Gasteiger partial charge in [0.1, 0.15) is 6.33 Å². The zero-order chi connectivity index (χ0) is 14.1. The molecule has 7 heteroatoms. The zero-order valence-electron chi connectivity index (χ0n) is 11.1. The maximum atomic E-state index is 5.92. The second-order valence-electron chi connectivity index (χ2n) is 4.67. The molecule has 0 bridgehead atoms. The van der Waals surface area contributed by atoms with Gasteiger partial charge in [0.2, 0.25) is 5.82 Å². The molecule has 2 heterocycles. The van der Waals surface area contributed by atoms with Crippen LogP contribution in [0.3, 0.4) is 0 Å². The van der Waals surface area contributed by atoms with Crippen LogP contribution in [0.1, 0.15) is 25.6 Å². The number of halogens is 1. The predicted molar refractivity (Wildman–Crippen MR) is 75.8 cm³/mol. The Hall–Kier alpha value is -2.21. The van der Waals surface area contributed by atoms with Crippen LogP contribution in [0.2, 0.25) is 5.02 Å². The van der Waals surface area contributed by atoms with Gasteiger partial charge >= 0.3 is 0 Å². The molecule has 0 fully saturated rings. The van der Waals surface area contributed by atoms with E-state index in [0.29, 0.717) is 16.7 Å². The van der Waals surface area contributed by atoms with E-state index < -0.39 is 0 Å². The van der Waals surface area contributed by atoms with E-state index in [1.54, 1.807) is 4.68 Å². The van der Waals surface area contributed by atoms with Crippen LogP contribution in [0.25, 0.3) is 17.3 Å². The summed E-state index contributed by atoms with van der Waals surface area (Å²) in [6.45, 7) is 4.09. The molecule has 0 saturated heterocycles. The summed E-state index contributed by atoms with van der Waals surface area (Å²) >= 11 is 5.92. The van der Waals surface area contributed by atoms with Gasteiger partial charge in [-0.2, -0.15) is 10.2 Å². The van der Waals surface area contributed by atoms with Gasteiger partial charge in [-0.25, -0.2) is 14.6 Å². The van der Waals surface area contributed by atoms with E-state index in [2.05, 4.69) is 25.3 Å². The van der Waals surface area contributed by atoms with Crippen LogP contribution in [0.4, 0.5) is 0 Å². The topological polar surface area (TPSA) is 72.3 Å². The summed E-state index contributed by atoms with van der Waals surface area (Å²) in [7, 11) is 0. The fraction of sp³-hybridized carbons (Fsp3) is 0.231. The molecule has 0 unspecified atom stereocenters. The number of nitrogens with zero attached hydrogens (tertiary/aromatic N) is 5. The lowest BCUT2D eigenvalue weighted by atomic mass is 10.2. The number of benzene rings is 1. The first-order chi connectivity index (χ1) is 9.65. The van der Waals surface area contributed by atoms with Crippen LogP contribution in [0.5, 0.6) is 0 Å². The van der Waals surface area contributed by atoms with Gasteiger partial charge in [-0.3, -0.25) is 5.10 Å². The number of aromatic nitrogens is 6. The fourth-order valence-electron chi connectivity index (χ4n) is 1.80. The van der Waals surface area contributed by atoms with Crippen molar-refractivity contribution in [1.82, 2.24) is 29.9 Å². The first-order valence-corrected chi connectivity index (χ1v) is 6.61. The van der Waals surface area contributed by atoms with Crippen molar-refractivity contribution in [2.75, 3.05) is 0 Å². The second kappa shape index (κ2) is 5.05. The summed E-state index contributed by atoms with van der Waals surface area (Å²) in [5, 5.41) is 11.9. The van der Waals surface area contributed by atoms with Crippen LogP contribution < -0.4 is 0 Å². The lowest BCUT2D eigenvalue weighted by Crippen LogP contribution is -2.01. The van der Waals surface area contributed by atoms with Gasteiger partial charge in [0, 0.05) is 10.9 Å². The molecule has 6 nitrogen and oxygen atoms in total. The third kappa shape index (κ3) is 2.30. The monoisotopic (exact) mass is 288 g/mol. The number of aromatic amines is 1.